The SMILES string of the molecule is CCCCCCCCCCCCCCCCCCCC(CCCCCCCCCCCCCCCC)C(CCCCCCCCCCCC)[C+]1N=CC=N1. The van der Waals surface area contributed by atoms with Crippen molar-refractivity contribution in [2.45, 2.75) is 303 Å². The third kappa shape index (κ3) is 34.5. The zero-order chi connectivity index (χ0) is 38.7. The van der Waals surface area contributed by atoms with Gasteiger partial charge in [0.05, 0.1) is 5.92 Å². The quantitative estimate of drug-likeness (QED) is 0.0437. The highest BCUT2D eigenvalue weighted by Gasteiger charge is 2.34. The molecule has 0 saturated carbocycles. The van der Waals surface area contributed by atoms with Crippen LogP contribution in [-0.2, 0) is 0 Å². The summed E-state index contributed by atoms with van der Waals surface area (Å²) in [6, 6.07) is 0. The van der Waals surface area contributed by atoms with E-state index in [4.69, 9.17) is 9.98 Å². The highest BCUT2D eigenvalue weighted by atomic mass is 15.0. The predicted octanol–water partition coefficient (Wildman–Crippen LogP) is 19.1. The zero-order valence-corrected chi connectivity index (χ0v) is 37.8. The zero-order valence-electron chi connectivity index (χ0n) is 37.8. The first-order valence-electron chi connectivity index (χ1n) is 25.8. The van der Waals surface area contributed by atoms with Crippen LogP contribution in [0.15, 0.2) is 9.98 Å². The second kappa shape index (κ2) is 43.3. The summed E-state index contributed by atoms with van der Waals surface area (Å²) in [5.74, 6) is 1.36. The van der Waals surface area contributed by atoms with Gasteiger partial charge >= 0.3 is 0 Å². The van der Waals surface area contributed by atoms with E-state index >= 15 is 0 Å². The van der Waals surface area contributed by atoms with Crippen LogP contribution in [0.25, 0.3) is 0 Å². The maximum Gasteiger partial charge on any atom is 0.244 e. The van der Waals surface area contributed by atoms with Crippen LogP contribution in [-0.4, -0.2) is 12.4 Å². The van der Waals surface area contributed by atoms with E-state index in [2.05, 4.69) is 20.8 Å². The third-order valence-corrected chi connectivity index (χ3v) is 12.9. The van der Waals surface area contributed by atoms with Crippen molar-refractivity contribution in [1.82, 2.24) is 0 Å². The fourth-order valence-electron chi connectivity index (χ4n) is 9.15. The van der Waals surface area contributed by atoms with Gasteiger partial charge in [-0.25, -0.2) is 0 Å². The maximum absolute atomic E-state index is 4.84. The molecular weight excluding hydrogens is 653 g/mol. The van der Waals surface area contributed by atoms with Crippen molar-refractivity contribution in [1.29, 1.82) is 0 Å². The third-order valence-electron chi connectivity index (χ3n) is 12.9. The van der Waals surface area contributed by atoms with Gasteiger partial charge in [0.25, 0.3) is 0 Å². The van der Waals surface area contributed by atoms with Crippen molar-refractivity contribution >= 4 is 12.4 Å². The molecule has 0 aromatic carbocycles. The molecule has 0 aliphatic carbocycles. The molecule has 2 heteroatoms. The van der Waals surface area contributed by atoms with E-state index < -0.39 is 0 Å². The molecule has 0 aromatic heterocycles. The lowest BCUT2D eigenvalue weighted by Gasteiger charge is -2.26. The minimum Gasteiger partial charge on any atom is -0.0965 e. The number of hydrogen-bond donors (Lipinski definition) is 0. The van der Waals surface area contributed by atoms with Gasteiger partial charge in [0.1, 0.15) is 0 Å². The van der Waals surface area contributed by atoms with Crippen LogP contribution in [0.4, 0.5) is 0 Å². The van der Waals surface area contributed by atoms with Gasteiger partial charge in [0.2, 0.25) is 6.17 Å². The lowest BCUT2D eigenvalue weighted by Crippen LogP contribution is -2.20. The number of rotatable bonds is 46. The molecule has 0 radical (unpaired) electrons. The molecule has 1 aliphatic heterocycles. The van der Waals surface area contributed by atoms with Gasteiger partial charge in [-0.3, -0.25) is 0 Å². The standard InChI is InChI=1S/C52H101N2/c1-4-7-10-13-16-19-22-24-26-27-28-30-32-34-37-40-43-46-50(45-42-39-36-33-31-29-25-23-20-17-14-11-8-5-2)51(52-53-48-49-54-52)47-44-41-38-35-21-18-15-12-9-6-3/h48-51H,4-47H2,1-3H3/q+1. The first kappa shape index (κ1) is 51.2. The van der Waals surface area contributed by atoms with Crippen molar-refractivity contribution in [2.24, 2.45) is 21.8 Å². The normalized spacial score (nSPS) is 13.8. The van der Waals surface area contributed by atoms with Crippen LogP contribution in [0.2, 0.25) is 0 Å². The predicted molar refractivity (Wildman–Crippen MR) is 247 cm³/mol. The second-order valence-corrected chi connectivity index (χ2v) is 18.1. The van der Waals surface area contributed by atoms with Gasteiger partial charge in [0, 0.05) is 0 Å². The lowest BCUT2D eigenvalue weighted by atomic mass is 9.79. The molecule has 54 heavy (non-hydrogen) atoms. The summed E-state index contributed by atoms with van der Waals surface area (Å²) in [5.41, 5.74) is 0. The Bertz CT molecular complexity index is 745. The van der Waals surface area contributed by atoms with Crippen molar-refractivity contribution in [3.63, 3.8) is 0 Å². The number of nitrogens with zero attached hydrogens (tertiary/aromatic N) is 2. The Balaban J connectivity index is 2.34. The average Bonchev–Trinajstić information content (AvgIpc) is 3.72. The fraction of sp³-hybridized carbons (Fsp3) is 0.942. The van der Waals surface area contributed by atoms with E-state index in [0.29, 0.717) is 5.92 Å². The van der Waals surface area contributed by atoms with Crippen LogP contribution in [0, 0.1) is 18.0 Å². The van der Waals surface area contributed by atoms with Crippen molar-refractivity contribution in [3.8, 4) is 0 Å². The Morgan fingerprint density at radius 2 is 0.481 bits per heavy atom. The van der Waals surface area contributed by atoms with Gasteiger partial charge in [-0.05, 0) is 25.2 Å². The van der Waals surface area contributed by atoms with Crippen molar-refractivity contribution in [2.75, 3.05) is 0 Å². The molecule has 1 aliphatic rings. The van der Waals surface area contributed by atoms with Crippen LogP contribution >= 0.6 is 0 Å². The van der Waals surface area contributed by atoms with Crippen molar-refractivity contribution < 1.29 is 0 Å². The van der Waals surface area contributed by atoms with Crippen LogP contribution in [0.3, 0.4) is 0 Å². The van der Waals surface area contributed by atoms with E-state index in [9.17, 15) is 0 Å². The molecule has 1 heterocycles. The Labute approximate surface area is 342 Å². The number of unbranched alkanes of at least 4 members (excludes halogenated alkanes) is 38. The maximum atomic E-state index is 4.84. The molecule has 2 nitrogen and oxygen atoms in total. The summed E-state index contributed by atoms with van der Waals surface area (Å²) >= 11 is 0. The van der Waals surface area contributed by atoms with Gasteiger partial charge in [-0.2, -0.15) is 0 Å². The van der Waals surface area contributed by atoms with Gasteiger partial charge in [-0.15, -0.1) is 0 Å². The van der Waals surface area contributed by atoms with E-state index in [0.717, 1.165) is 5.92 Å². The molecule has 0 amide bonds. The molecule has 0 N–H and O–H groups in total. The lowest BCUT2D eigenvalue weighted by molar-refractivity contribution is 0.263. The monoisotopic (exact) mass is 754 g/mol. The van der Waals surface area contributed by atoms with E-state index in [-0.39, 0.29) is 0 Å². The summed E-state index contributed by atoms with van der Waals surface area (Å²) < 4.78 is 0. The first-order chi connectivity index (χ1) is 26.8. The Kier molecular flexibility index (Phi) is 41.1. The van der Waals surface area contributed by atoms with Gasteiger partial charge < -0.3 is 0 Å². The Morgan fingerprint density at radius 1 is 0.278 bits per heavy atom. The first-order valence-corrected chi connectivity index (χ1v) is 25.8. The van der Waals surface area contributed by atoms with E-state index in [1.165, 1.54) is 289 Å². The molecule has 318 valence electrons. The molecule has 0 aromatic rings. The second-order valence-electron chi connectivity index (χ2n) is 18.1. The highest BCUT2D eigenvalue weighted by Crippen LogP contribution is 2.38. The Hall–Kier alpha value is -0.790. The molecule has 2 unspecified atom stereocenters. The summed E-state index contributed by atoms with van der Waals surface area (Å²) in [7, 11) is 0. The molecule has 0 spiro atoms. The number of hydrogen-bond acceptors (Lipinski definition) is 2. The summed E-state index contributed by atoms with van der Waals surface area (Å²) in [4.78, 5) is 9.67. The van der Waals surface area contributed by atoms with E-state index in [1.807, 2.05) is 12.4 Å². The summed E-state index contributed by atoms with van der Waals surface area (Å²) in [5, 5.41) is 0. The molecule has 0 bridgehead atoms. The largest absolute Gasteiger partial charge is 0.244 e. The van der Waals surface area contributed by atoms with E-state index in [1.54, 1.807) is 0 Å². The summed E-state index contributed by atoms with van der Waals surface area (Å²) in [6.45, 7) is 6.95. The smallest absolute Gasteiger partial charge is 0.0965 e. The molecule has 1 rings (SSSR count). The van der Waals surface area contributed by atoms with Crippen LogP contribution in [0.5, 0.6) is 0 Å². The highest BCUT2D eigenvalue weighted by molar-refractivity contribution is 6.18. The molecule has 0 fully saturated rings. The minimum absolute atomic E-state index is 0.581. The molecule has 0 saturated heterocycles. The van der Waals surface area contributed by atoms with Gasteiger partial charge in [-0.1, -0.05) is 294 Å². The average molecular weight is 754 g/mol. The van der Waals surface area contributed by atoms with Crippen LogP contribution < -0.4 is 0 Å². The Morgan fingerprint density at radius 3 is 0.722 bits per heavy atom. The van der Waals surface area contributed by atoms with Crippen molar-refractivity contribution in [3.05, 3.63) is 6.17 Å². The molecule has 2 atom stereocenters. The minimum atomic E-state index is 0.581. The topological polar surface area (TPSA) is 24.7 Å². The molecular formula is C52H101N2+. The number of aliphatic imine (C=N–C) groups is 2. The van der Waals surface area contributed by atoms with Crippen LogP contribution in [0.1, 0.15) is 303 Å². The summed E-state index contributed by atoms with van der Waals surface area (Å²) in [6.07, 6.45) is 68.4. The van der Waals surface area contributed by atoms with Gasteiger partial charge in [0.15, 0.2) is 12.4 Å². The fourth-order valence-corrected chi connectivity index (χ4v) is 9.15.